The summed E-state index contributed by atoms with van der Waals surface area (Å²) in [5.74, 6) is -0.197. The van der Waals surface area contributed by atoms with Crippen LogP contribution in [0.2, 0.25) is 0 Å². The molecule has 3 atom stereocenters. The molecule has 0 radical (unpaired) electrons. The quantitative estimate of drug-likeness (QED) is 0.792. The Morgan fingerprint density at radius 2 is 2.12 bits per heavy atom. The molecule has 0 bridgehead atoms. The fourth-order valence-corrected chi connectivity index (χ4v) is 4.26. The van der Waals surface area contributed by atoms with E-state index in [4.69, 9.17) is 10.7 Å². The fraction of sp³-hybridized carbons (Fsp3) is 0.474. The van der Waals surface area contributed by atoms with E-state index in [1.165, 1.54) is 12.1 Å². The van der Waals surface area contributed by atoms with Crippen LogP contribution in [0.15, 0.2) is 24.3 Å². The topological polar surface area (TPSA) is 68.0 Å². The first kappa shape index (κ1) is 20.8. The van der Waals surface area contributed by atoms with Crippen molar-refractivity contribution >= 4 is 29.7 Å². The number of nitrogens with two attached hydrogens (primary N) is 1. The monoisotopic (exact) mass is 397 g/mol. The van der Waals surface area contributed by atoms with Crippen LogP contribution in [0.25, 0.3) is 10.6 Å². The molecule has 1 heterocycles. The number of halogens is 2. The highest BCUT2D eigenvalue weighted by Gasteiger charge is 2.29. The largest absolute Gasteiger partial charge is 0.347 e. The third-order valence-corrected chi connectivity index (χ3v) is 6.18. The molecule has 1 aliphatic carbocycles. The van der Waals surface area contributed by atoms with Crippen molar-refractivity contribution in [3.63, 3.8) is 0 Å². The highest BCUT2D eigenvalue weighted by Crippen LogP contribution is 2.38. The molecule has 3 rings (SSSR count). The molecule has 1 aromatic carbocycles. The van der Waals surface area contributed by atoms with Gasteiger partial charge in [-0.2, -0.15) is 0 Å². The van der Waals surface area contributed by atoms with Crippen molar-refractivity contribution < 1.29 is 9.18 Å². The van der Waals surface area contributed by atoms with Gasteiger partial charge in [-0.1, -0.05) is 20.3 Å². The number of hydrogen-bond donors (Lipinski definition) is 2. The molecule has 1 aliphatic rings. The van der Waals surface area contributed by atoms with Crippen LogP contribution in [0.4, 0.5) is 4.39 Å². The van der Waals surface area contributed by atoms with Crippen LogP contribution in [0.3, 0.4) is 0 Å². The van der Waals surface area contributed by atoms with Gasteiger partial charge in [-0.25, -0.2) is 9.37 Å². The van der Waals surface area contributed by atoms with Crippen molar-refractivity contribution in [1.29, 1.82) is 0 Å². The van der Waals surface area contributed by atoms with Crippen LogP contribution >= 0.6 is 23.7 Å². The molecule has 3 N–H and O–H groups in total. The Morgan fingerprint density at radius 3 is 2.77 bits per heavy atom. The Bertz CT molecular complexity index is 750. The van der Waals surface area contributed by atoms with Crippen molar-refractivity contribution in [3.8, 4) is 10.6 Å². The van der Waals surface area contributed by atoms with E-state index in [9.17, 15) is 9.18 Å². The average Bonchev–Trinajstić information content (AvgIpc) is 3.06. The minimum absolute atomic E-state index is 0. The lowest BCUT2D eigenvalue weighted by molar-refractivity contribution is -0.124. The Balaban J connectivity index is 0.00000243. The van der Waals surface area contributed by atoms with E-state index in [0.29, 0.717) is 0 Å². The lowest BCUT2D eigenvalue weighted by Crippen LogP contribution is -2.46. The first-order chi connectivity index (χ1) is 12.0. The Morgan fingerprint density at radius 1 is 1.42 bits per heavy atom. The van der Waals surface area contributed by atoms with Crippen molar-refractivity contribution in [2.45, 2.75) is 51.6 Å². The number of nitrogens with zero attached hydrogens (tertiary/aromatic N) is 1. The van der Waals surface area contributed by atoms with Crippen LogP contribution in [0.1, 0.15) is 49.7 Å². The normalized spacial score (nSPS) is 18.4. The fourth-order valence-electron chi connectivity index (χ4n) is 3.05. The van der Waals surface area contributed by atoms with E-state index >= 15 is 0 Å². The molecule has 0 spiro atoms. The minimum atomic E-state index is -0.486. The van der Waals surface area contributed by atoms with Crippen LogP contribution in [-0.2, 0) is 11.2 Å². The van der Waals surface area contributed by atoms with E-state index in [1.807, 2.05) is 13.8 Å². The molecule has 0 fully saturated rings. The number of hydrogen-bond acceptors (Lipinski definition) is 4. The number of aromatic nitrogens is 1. The number of rotatable bonds is 5. The van der Waals surface area contributed by atoms with Crippen LogP contribution in [-0.4, -0.2) is 16.9 Å². The maximum absolute atomic E-state index is 13.1. The van der Waals surface area contributed by atoms with E-state index < -0.39 is 6.04 Å². The summed E-state index contributed by atoms with van der Waals surface area (Å²) >= 11 is 1.58. The summed E-state index contributed by atoms with van der Waals surface area (Å²) in [4.78, 5) is 18.3. The van der Waals surface area contributed by atoms with Crippen LogP contribution < -0.4 is 11.1 Å². The number of benzene rings is 1. The molecular formula is C19H25ClFN3OS. The van der Waals surface area contributed by atoms with Gasteiger partial charge in [-0.05, 0) is 49.4 Å². The third kappa shape index (κ3) is 4.42. The van der Waals surface area contributed by atoms with Gasteiger partial charge in [0.05, 0.1) is 22.7 Å². The van der Waals surface area contributed by atoms with E-state index in [-0.39, 0.29) is 36.1 Å². The van der Waals surface area contributed by atoms with Gasteiger partial charge < -0.3 is 11.1 Å². The number of aryl methyl sites for hydroxylation is 1. The third-order valence-electron chi connectivity index (χ3n) is 4.92. The van der Waals surface area contributed by atoms with Crippen molar-refractivity contribution in [2.75, 3.05) is 0 Å². The second-order valence-electron chi connectivity index (χ2n) is 6.70. The molecule has 4 nitrogen and oxygen atoms in total. The van der Waals surface area contributed by atoms with Gasteiger partial charge in [0.1, 0.15) is 10.8 Å². The predicted octanol–water partition coefficient (Wildman–Crippen LogP) is 4.24. The number of amides is 1. The molecule has 1 amide bonds. The van der Waals surface area contributed by atoms with Crippen molar-refractivity contribution in [1.82, 2.24) is 10.3 Å². The van der Waals surface area contributed by atoms with Crippen molar-refractivity contribution in [2.24, 2.45) is 11.7 Å². The number of fused-ring (bicyclic) bond motifs is 1. The number of carbonyl (C=O) groups is 1. The van der Waals surface area contributed by atoms with E-state index in [1.54, 1.807) is 23.5 Å². The maximum Gasteiger partial charge on any atom is 0.237 e. The summed E-state index contributed by atoms with van der Waals surface area (Å²) in [5.41, 5.74) is 8.00. The maximum atomic E-state index is 13.1. The number of carbonyl (C=O) groups excluding carboxylic acids is 1. The molecule has 2 aromatic rings. The molecule has 142 valence electrons. The molecule has 0 saturated heterocycles. The second-order valence-corrected chi connectivity index (χ2v) is 7.73. The standard InChI is InChI=1S/C19H24FN3OS.ClH/c1-3-11(2)16(21)18(24)22-14-5-4-6-15-17(14)25-19(23-15)12-7-9-13(20)10-8-12;/h7-11,14,16H,3-6,21H2,1-2H3,(H,22,24);1H. The molecule has 26 heavy (non-hydrogen) atoms. The van der Waals surface area contributed by atoms with Gasteiger partial charge in [-0.15, -0.1) is 23.7 Å². The van der Waals surface area contributed by atoms with Crippen molar-refractivity contribution in [3.05, 3.63) is 40.7 Å². The summed E-state index contributed by atoms with van der Waals surface area (Å²) in [6, 6.07) is 5.86. The molecule has 7 heteroatoms. The first-order valence-corrected chi connectivity index (χ1v) is 9.62. The Labute approximate surface area is 163 Å². The summed E-state index contributed by atoms with van der Waals surface area (Å²) < 4.78 is 13.1. The van der Waals surface area contributed by atoms with Crippen LogP contribution in [0.5, 0.6) is 0 Å². The molecular weight excluding hydrogens is 373 g/mol. The Hall–Kier alpha value is -1.50. The second kappa shape index (κ2) is 8.93. The molecule has 3 unspecified atom stereocenters. The summed E-state index contributed by atoms with van der Waals surface area (Å²) in [5, 5.41) is 3.98. The number of thiazole rings is 1. The van der Waals surface area contributed by atoms with Gasteiger partial charge in [0, 0.05) is 5.56 Å². The van der Waals surface area contributed by atoms with Crippen LogP contribution in [0, 0.1) is 11.7 Å². The summed E-state index contributed by atoms with van der Waals surface area (Å²) in [6.07, 6.45) is 3.68. The van der Waals surface area contributed by atoms with Gasteiger partial charge in [0.25, 0.3) is 0 Å². The lowest BCUT2D eigenvalue weighted by Gasteiger charge is -2.25. The molecule has 0 saturated carbocycles. The van der Waals surface area contributed by atoms with Gasteiger partial charge in [-0.3, -0.25) is 4.79 Å². The molecule has 0 aliphatic heterocycles. The SMILES string of the molecule is CCC(C)C(N)C(=O)NC1CCCc2nc(-c3ccc(F)cc3)sc21.Cl. The predicted molar refractivity (Wildman–Crippen MR) is 106 cm³/mol. The smallest absolute Gasteiger partial charge is 0.237 e. The average molecular weight is 398 g/mol. The van der Waals surface area contributed by atoms with Gasteiger partial charge in [0.15, 0.2) is 0 Å². The zero-order valence-electron chi connectivity index (χ0n) is 15.0. The lowest BCUT2D eigenvalue weighted by atomic mass is 9.95. The zero-order valence-corrected chi connectivity index (χ0v) is 16.6. The molecule has 1 aromatic heterocycles. The van der Waals surface area contributed by atoms with E-state index in [0.717, 1.165) is 46.8 Å². The Kier molecular flexibility index (Phi) is 7.15. The zero-order chi connectivity index (χ0) is 18.0. The van der Waals surface area contributed by atoms with Gasteiger partial charge >= 0.3 is 0 Å². The summed E-state index contributed by atoms with van der Waals surface area (Å²) in [6.45, 7) is 4.03. The first-order valence-electron chi connectivity index (χ1n) is 8.81. The highest BCUT2D eigenvalue weighted by atomic mass is 35.5. The van der Waals surface area contributed by atoms with E-state index in [2.05, 4.69) is 5.32 Å². The minimum Gasteiger partial charge on any atom is -0.347 e. The summed E-state index contributed by atoms with van der Waals surface area (Å²) in [7, 11) is 0. The highest BCUT2D eigenvalue weighted by molar-refractivity contribution is 7.15. The van der Waals surface area contributed by atoms with Gasteiger partial charge in [0.2, 0.25) is 5.91 Å². The number of nitrogens with one attached hydrogen (secondary N) is 1.